The van der Waals surface area contributed by atoms with Gasteiger partial charge in [0.25, 0.3) is 5.91 Å². The van der Waals surface area contributed by atoms with Crippen LogP contribution in [0.25, 0.3) is 0 Å². The highest BCUT2D eigenvalue weighted by molar-refractivity contribution is 14.1. The van der Waals surface area contributed by atoms with Gasteiger partial charge in [-0.05, 0) is 41.1 Å². The normalized spacial score (nSPS) is 10.4. The lowest BCUT2D eigenvalue weighted by molar-refractivity contribution is 0.103. The number of carbonyl (C=O) groups excluding carboxylic acids is 1. The maximum absolute atomic E-state index is 12.3. The molecule has 7 heteroatoms. The summed E-state index contributed by atoms with van der Waals surface area (Å²) in [5, 5.41) is 3.64. The van der Waals surface area contributed by atoms with E-state index in [9.17, 15) is 4.79 Å². The quantitative estimate of drug-likeness (QED) is 0.733. The van der Waals surface area contributed by atoms with Crippen molar-refractivity contribution in [2.45, 2.75) is 13.3 Å². The molecular weight excluding hydrogens is 399 g/mol. The van der Waals surface area contributed by atoms with Crippen LogP contribution in [0.3, 0.4) is 0 Å². The number of hydrogen-bond donors (Lipinski definition) is 2. The smallest absolute Gasteiger partial charge is 0.269 e. The van der Waals surface area contributed by atoms with E-state index in [2.05, 4.69) is 39.8 Å². The van der Waals surface area contributed by atoms with Crippen LogP contribution in [0, 0.1) is 3.57 Å². The van der Waals surface area contributed by atoms with Gasteiger partial charge >= 0.3 is 0 Å². The van der Waals surface area contributed by atoms with Crippen LogP contribution in [-0.2, 0) is 0 Å². The average molecular weight is 416 g/mol. The number of nitrogens with two attached hydrogens (primary N) is 1. The van der Waals surface area contributed by atoms with E-state index in [0.29, 0.717) is 4.88 Å². The van der Waals surface area contributed by atoms with E-state index in [0.717, 1.165) is 27.4 Å². The third-order valence-corrected chi connectivity index (χ3v) is 4.98. The number of carbonyl (C=O) groups is 1. The number of amides is 1. The Kier molecular flexibility index (Phi) is 5.40. The number of rotatable bonds is 5. The first kappa shape index (κ1) is 16.0. The van der Waals surface area contributed by atoms with Crippen molar-refractivity contribution in [2.75, 3.05) is 29.5 Å². The summed E-state index contributed by atoms with van der Waals surface area (Å²) in [7, 11) is 1.95. The lowest BCUT2D eigenvalue weighted by Crippen LogP contribution is -2.17. The van der Waals surface area contributed by atoms with Crippen LogP contribution in [0.4, 0.5) is 16.6 Å². The molecule has 0 atom stereocenters. The number of benzene rings is 1. The second kappa shape index (κ2) is 7.08. The number of thiazole rings is 1. The Balaban J connectivity index is 2.18. The minimum atomic E-state index is -0.217. The standard InChI is InChI=1S/C14H17IN4OS/c1-3-8-19(2)14-18-12(16)11(21-14)13(20)17-10-7-5-4-6-9(10)15/h4-7H,3,8,16H2,1-2H3,(H,17,20). The molecule has 21 heavy (non-hydrogen) atoms. The fourth-order valence-electron chi connectivity index (χ4n) is 1.82. The summed E-state index contributed by atoms with van der Waals surface area (Å²) in [6.07, 6.45) is 1.01. The maximum Gasteiger partial charge on any atom is 0.269 e. The Morgan fingerprint density at radius 3 is 2.86 bits per heavy atom. The Morgan fingerprint density at radius 2 is 2.19 bits per heavy atom. The molecule has 0 spiro atoms. The van der Waals surface area contributed by atoms with E-state index in [1.807, 2.05) is 36.2 Å². The van der Waals surface area contributed by atoms with Crippen LogP contribution in [0.15, 0.2) is 24.3 Å². The van der Waals surface area contributed by atoms with Crippen molar-refractivity contribution < 1.29 is 4.79 Å². The number of halogens is 1. The van der Waals surface area contributed by atoms with Gasteiger partial charge < -0.3 is 16.0 Å². The van der Waals surface area contributed by atoms with Gasteiger partial charge in [-0.2, -0.15) is 0 Å². The summed E-state index contributed by atoms with van der Waals surface area (Å²) in [6, 6.07) is 7.61. The third kappa shape index (κ3) is 3.85. The molecule has 112 valence electrons. The summed E-state index contributed by atoms with van der Waals surface area (Å²) in [5.74, 6) is 0.0617. The molecule has 0 aliphatic carbocycles. The van der Waals surface area contributed by atoms with Gasteiger partial charge in [-0.3, -0.25) is 4.79 Å². The van der Waals surface area contributed by atoms with Gasteiger partial charge in [0.15, 0.2) is 5.13 Å². The van der Waals surface area contributed by atoms with Crippen LogP contribution >= 0.6 is 33.9 Å². The zero-order valence-corrected chi connectivity index (χ0v) is 14.9. The van der Waals surface area contributed by atoms with Gasteiger partial charge in [-0.1, -0.05) is 30.4 Å². The Bertz CT molecular complexity index is 644. The third-order valence-electron chi connectivity index (χ3n) is 2.86. The number of nitrogens with zero attached hydrogens (tertiary/aromatic N) is 2. The fourth-order valence-corrected chi connectivity index (χ4v) is 3.21. The zero-order chi connectivity index (χ0) is 15.4. The molecule has 1 aromatic heterocycles. The molecule has 0 saturated carbocycles. The van der Waals surface area contributed by atoms with Gasteiger partial charge in [-0.25, -0.2) is 4.98 Å². The largest absolute Gasteiger partial charge is 0.382 e. The van der Waals surface area contributed by atoms with E-state index < -0.39 is 0 Å². The first-order chi connectivity index (χ1) is 10.0. The summed E-state index contributed by atoms with van der Waals surface area (Å²) in [6.45, 7) is 2.98. The number of para-hydroxylation sites is 1. The van der Waals surface area contributed by atoms with Crippen LogP contribution in [0.5, 0.6) is 0 Å². The maximum atomic E-state index is 12.3. The second-order valence-corrected chi connectivity index (χ2v) is 6.71. The number of nitrogen functional groups attached to an aromatic ring is 1. The topological polar surface area (TPSA) is 71.2 Å². The molecule has 0 bridgehead atoms. The van der Waals surface area contributed by atoms with Crippen molar-refractivity contribution in [1.29, 1.82) is 0 Å². The van der Waals surface area contributed by atoms with Crippen LogP contribution < -0.4 is 16.0 Å². The van der Waals surface area contributed by atoms with E-state index >= 15 is 0 Å². The first-order valence-electron chi connectivity index (χ1n) is 6.56. The first-order valence-corrected chi connectivity index (χ1v) is 8.45. The van der Waals surface area contributed by atoms with Crippen LogP contribution in [-0.4, -0.2) is 24.5 Å². The van der Waals surface area contributed by atoms with Crippen LogP contribution in [0.2, 0.25) is 0 Å². The molecule has 0 fully saturated rings. The molecule has 1 aromatic carbocycles. The molecule has 2 rings (SSSR count). The van der Waals surface area contributed by atoms with E-state index in [1.54, 1.807) is 0 Å². The SMILES string of the molecule is CCCN(C)c1nc(N)c(C(=O)Nc2ccccc2I)s1. The molecule has 0 aliphatic heterocycles. The fraction of sp³-hybridized carbons (Fsp3) is 0.286. The predicted molar refractivity (Wildman–Crippen MR) is 97.2 cm³/mol. The molecule has 1 heterocycles. The predicted octanol–water partition coefficient (Wildman–Crippen LogP) is 3.43. The monoisotopic (exact) mass is 416 g/mol. The summed E-state index contributed by atoms with van der Waals surface area (Å²) in [4.78, 5) is 19.1. The van der Waals surface area contributed by atoms with Gasteiger partial charge in [0.2, 0.25) is 0 Å². The molecule has 0 unspecified atom stereocenters. The summed E-state index contributed by atoms with van der Waals surface area (Å²) in [5.41, 5.74) is 6.66. The van der Waals surface area contributed by atoms with Crippen molar-refractivity contribution in [1.82, 2.24) is 4.98 Å². The van der Waals surface area contributed by atoms with E-state index in [4.69, 9.17) is 5.73 Å². The highest BCUT2D eigenvalue weighted by Gasteiger charge is 2.18. The number of hydrogen-bond acceptors (Lipinski definition) is 5. The highest BCUT2D eigenvalue weighted by atomic mass is 127. The Morgan fingerprint density at radius 1 is 1.48 bits per heavy atom. The van der Waals surface area contributed by atoms with Gasteiger partial charge in [-0.15, -0.1) is 0 Å². The molecule has 0 radical (unpaired) electrons. The molecule has 1 amide bonds. The minimum Gasteiger partial charge on any atom is -0.382 e. The van der Waals surface area contributed by atoms with Crippen LogP contribution in [0.1, 0.15) is 23.0 Å². The van der Waals surface area contributed by atoms with E-state index in [-0.39, 0.29) is 11.7 Å². The molecule has 5 nitrogen and oxygen atoms in total. The van der Waals surface area contributed by atoms with Crippen molar-refractivity contribution in [3.8, 4) is 0 Å². The van der Waals surface area contributed by atoms with Crippen molar-refractivity contribution in [2.24, 2.45) is 0 Å². The number of aromatic nitrogens is 1. The minimum absolute atomic E-state index is 0.217. The molecular formula is C14H17IN4OS. The molecule has 2 aromatic rings. The van der Waals surface area contributed by atoms with Crippen molar-refractivity contribution >= 4 is 56.5 Å². The van der Waals surface area contributed by atoms with Gasteiger partial charge in [0.05, 0.1) is 5.69 Å². The summed E-state index contributed by atoms with van der Waals surface area (Å²) < 4.78 is 0.981. The van der Waals surface area contributed by atoms with Gasteiger partial charge in [0, 0.05) is 17.2 Å². The second-order valence-electron chi connectivity index (χ2n) is 4.57. The lowest BCUT2D eigenvalue weighted by atomic mass is 10.3. The molecule has 3 N–H and O–H groups in total. The Labute approximate surface area is 141 Å². The highest BCUT2D eigenvalue weighted by Crippen LogP contribution is 2.28. The number of anilines is 3. The lowest BCUT2D eigenvalue weighted by Gasteiger charge is -2.13. The zero-order valence-electron chi connectivity index (χ0n) is 11.9. The molecule has 0 saturated heterocycles. The van der Waals surface area contributed by atoms with Gasteiger partial charge in [0.1, 0.15) is 10.7 Å². The van der Waals surface area contributed by atoms with Crippen molar-refractivity contribution in [3.63, 3.8) is 0 Å². The Hall–Kier alpha value is -1.35. The van der Waals surface area contributed by atoms with E-state index in [1.165, 1.54) is 11.3 Å². The molecule has 0 aliphatic rings. The summed E-state index contributed by atoms with van der Waals surface area (Å²) >= 11 is 3.50. The average Bonchev–Trinajstić information content (AvgIpc) is 2.84. The number of nitrogens with one attached hydrogen (secondary N) is 1. The van der Waals surface area contributed by atoms with Crippen molar-refractivity contribution in [3.05, 3.63) is 32.7 Å².